The molecule has 0 heterocycles. The second kappa shape index (κ2) is 8.04. The van der Waals surface area contributed by atoms with Crippen LogP contribution in [0.25, 0.3) is 0 Å². The summed E-state index contributed by atoms with van der Waals surface area (Å²) in [4.78, 5) is 0. The van der Waals surface area contributed by atoms with Crippen LogP contribution >= 0.6 is 0 Å². The second-order valence-electron chi connectivity index (χ2n) is 5.32. The highest BCUT2D eigenvalue weighted by Gasteiger charge is 2.30. The molecule has 1 aromatic rings. The van der Waals surface area contributed by atoms with Crippen molar-refractivity contribution in [3.63, 3.8) is 0 Å². The zero-order valence-corrected chi connectivity index (χ0v) is 14.1. The first-order valence-corrected chi connectivity index (χ1v) is 7.40. The van der Waals surface area contributed by atoms with Gasteiger partial charge in [0.25, 0.3) is 0 Å². The minimum absolute atomic E-state index is 0.0819. The lowest BCUT2D eigenvalue weighted by atomic mass is 9.99. The SMILES string of the molecule is CCN(/N=C(/C)C(C)/C(C)=C/OC)c1ccc(C(F)(F)F)cc1. The summed E-state index contributed by atoms with van der Waals surface area (Å²) in [5.41, 5.74) is 1.85. The number of ether oxygens (including phenoxy) is 1. The molecule has 128 valence electrons. The molecule has 3 nitrogen and oxygen atoms in total. The summed E-state index contributed by atoms with van der Waals surface area (Å²) < 4.78 is 42.9. The maximum absolute atomic E-state index is 12.6. The molecule has 0 aliphatic heterocycles. The van der Waals surface area contributed by atoms with Crippen LogP contribution in [0.4, 0.5) is 18.9 Å². The molecular formula is C17H23F3N2O. The molecule has 0 aliphatic carbocycles. The molecule has 0 radical (unpaired) electrons. The number of methoxy groups -OCH3 is 1. The predicted octanol–water partition coefficient (Wildman–Crippen LogP) is 5.09. The summed E-state index contributed by atoms with van der Waals surface area (Å²) in [5, 5.41) is 6.22. The third-order valence-corrected chi connectivity index (χ3v) is 3.68. The van der Waals surface area contributed by atoms with Gasteiger partial charge in [-0.15, -0.1) is 0 Å². The lowest BCUT2D eigenvalue weighted by Crippen LogP contribution is -2.21. The number of hydrogen-bond acceptors (Lipinski definition) is 3. The first kappa shape index (κ1) is 19.1. The first-order valence-electron chi connectivity index (χ1n) is 7.40. The predicted molar refractivity (Wildman–Crippen MR) is 87.5 cm³/mol. The van der Waals surface area contributed by atoms with Crippen molar-refractivity contribution in [2.75, 3.05) is 18.7 Å². The zero-order valence-electron chi connectivity index (χ0n) is 14.1. The van der Waals surface area contributed by atoms with Crippen molar-refractivity contribution < 1.29 is 17.9 Å². The van der Waals surface area contributed by atoms with Gasteiger partial charge in [0.15, 0.2) is 0 Å². The van der Waals surface area contributed by atoms with Gasteiger partial charge < -0.3 is 4.74 Å². The van der Waals surface area contributed by atoms with Gasteiger partial charge in [0.2, 0.25) is 0 Å². The van der Waals surface area contributed by atoms with Gasteiger partial charge in [-0.1, -0.05) is 6.92 Å². The van der Waals surface area contributed by atoms with Gasteiger partial charge >= 0.3 is 6.18 Å². The fourth-order valence-corrected chi connectivity index (χ4v) is 2.03. The van der Waals surface area contributed by atoms with E-state index in [1.807, 2.05) is 27.7 Å². The molecule has 0 N–H and O–H groups in total. The van der Waals surface area contributed by atoms with Crippen LogP contribution in [0.15, 0.2) is 41.2 Å². The standard InChI is InChI=1S/C17H23F3N2O/c1-6-22(21-14(4)13(3)12(2)11-23-5)16-9-7-15(8-10-16)17(18,19)20/h7-11,13H,6H2,1-5H3/b12-11+,21-14-. The molecule has 1 unspecified atom stereocenters. The van der Waals surface area contributed by atoms with E-state index in [2.05, 4.69) is 5.10 Å². The molecule has 1 atom stereocenters. The highest BCUT2D eigenvalue weighted by molar-refractivity contribution is 5.87. The van der Waals surface area contributed by atoms with Crippen molar-refractivity contribution in [2.24, 2.45) is 11.0 Å². The van der Waals surface area contributed by atoms with Crippen LogP contribution in [0.5, 0.6) is 0 Å². The quantitative estimate of drug-likeness (QED) is 0.412. The Hall–Kier alpha value is -1.98. The van der Waals surface area contributed by atoms with Gasteiger partial charge in [0.1, 0.15) is 0 Å². The smallest absolute Gasteiger partial charge is 0.416 e. The zero-order chi connectivity index (χ0) is 17.6. The number of allylic oxidation sites excluding steroid dienone is 1. The van der Waals surface area contributed by atoms with Gasteiger partial charge in [-0.2, -0.15) is 18.3 Å². The minimum atomic E-state index is -4.33. The lowest BCUT2D eigenvalue weighted by Gasteiger charge is -2.21. The second-order valence-corrected chi connectivity index (χ2v) is 5.32. The highest BCUT2D eigenvalue weighted by atomic mass is 19.4. The summed E-state index contributed by atoms with van der Waals surface area (Å²) >= 11 is 0. The number of hydrazone groups is 1. The Morgan fingerprint density at radius 1 is 1.26 bits per heavy atom. The van der Waals surface area contributed by atoms with E-state index in [1.165, 1.54) is 12.1 Å². The normalized spacial score (nSPS) is 14.6. The molecule has 0 amide bonds. The van der Waals surface area contributed by atoms with E-state index in [0.717, 1.165) is 23.4 Å². The van der Waals surface area contributed by atoms with E-state index in [0.29, 0.717) is 12.2 Å². The monoisotopic (exact) mass is 328 g/mol. The van der Waals surface area contributed by atoms with E-state index in [1.54, 1.807) is 18.4 Å². The largest absolute Gasteiger partial charge is 0.504 e. The molecule has 0 spiro atoms. The van der Waals surface area contributed by atoms with Crippen molar-refractivity contribution >= 4 is 11.4 Å². The van der Waals surface area contributed by atoms with E-state index in [9.17, 15) is 13.2 Å². The van der Waals surface area contributed by atoms with Crippen LogP contribution in [-0.4, -0.2) is 19.4 Å². The van der Waals surface area contributed by atoms with Crippen LogP contribution in [0, 0.1) is 5.92 Å². The Kier molecular flexibility index (Phi) is 6.66. The topological polar surface area (TPSA) is 24.8 Å². The number of anilines is 1. The van der Waals surface area contributed by atoms with Crippen LogP contribution in [0.3, 0.4) is 0 Å². The average Bonchev–Trinajstić information content (AvgIpc) is 2.51. The van der Waals surface area contributed by atoms with Crippen LogP contribution < -0.4 is 5.01 Å². The number of halogens is 3. The molecule has 1 rings (SSSR count). The molecule has 0 aromatic heterocycles. The molecule has 0 bridgehead atoms. The summed E-state index contributed by atoms with van der Waals surface area (Å²) in [7, 11) is 1.59. The third kappa shape index (κ3) is 5.30. The van der Waals surface area contributed by atoms with Crippen LogP contribution in [0.1, 0.15) is 33.3 Å². The van der Waals surface area contributed by atoms with Crippen molar-refractivity contribution in [1.82, 2.24) is 0 Å². The maximum Gasteiger partial charge on any atom is 0.416 e. The third-order valence-electron chi connectivity index (χ3n) is 3.68. The highest BCUT2D eigenvalue weighted by Crippen LogP contribution is 2.30. The summed E-state index contributed by atoms with van der Waals surface area (Å²) in [6, 6.07) is 5.02. The van der Waals surface area contributed by atoms with Gasteiger partial charge in [0, 0.05) is 18.2 Å². The lowest BCUT2D eigenvalue weighted by molar-refractivity contribution is -0.137. The molecule has 0 saturated heterocycles. The summed E-state index contributed by atoms with van der Waals surface area (Å²) in [5.74, 6) is 0.0819. The van der Waals surface area contributed by atoms with E-state index >= 15 is 0 Å². The van der Waals surface area contributed by atoms with Crippen molar-refractivity contribution in [3.05, 3.63) is 41.7 Å². The Balaban J connectivity index is 3.00. The van der Waals surface area contributed by atoms with Gasteiger partial charge in [-0.25, -0.2) is 0 Å². The number of nitrogens with zero attached hydrogens (tertiary/aromatic N) is 2. The Bertz CT molecular complexity index is 562. The van der Waals surface area contributed by atoms with E-state index < -0.39 is 11.7 Å². The first-order chi connectivity index (χ1) is 10.7. The van der Waals surface area contributed by atoms with Gasteiger partial charge in [0.05, 0.1) is 24.6 Å². The molecule has 0 saturated carbocycles. The molecule has 0 aliphatic rings. The Labute approximate surface area is 135 Å². The Morgan fingerprint density at radius 3 is 2.26 bits per heavy atom. The average molecular weight is 328 g/mol. The molecule has 6 heteroatoms. The number of benzene rings is 1. The van der Waals surface area contributed by atoms with Crippen LogP contribution in [0.2, 0.25) is 0 Å². The number of rotatable bonds is 6. The van der Waals surface area contributed by atoms with Crippen molar-refractivity contribution in [2.45, 2.75) is 33.9 Å². The van der Waals surface area contributed by atoms with E-state index in [4.69, 9.17) is 4.74 Å². The molecule has 1 aromatic carbocycles. The minimum Gasteiger partial charge on any atom is -0.504 e. The Morgan fingerprint density at radius 2 is 1.83 bits per heavy atom. The van der Waals surface area contributed by atoms with Crippen molar-refractivity contribution in [3.8, 4) is 0 Å². The van der Waals surface area contributed by atoms with Gasteiger partial charge in [-0.3, -0.25) is 5.01 Å². The molecule has 0 fully saturated rings. The van der Waals surface area contributed by atoms with Crippen molar-refractivity contribution in [1.29, 1.82) is 0 Å². The number of hydrogen-bond donors (Lipinski definition) is 0. The van der Waals surface area contributed by atoms with Gasteiger partial charge in [-0.05, 0) is 50.6 Å². The van der Waals surface area contributed by atoms with E-state index in [-0.39, 0.29) is 5.92 Å². The molecular weight excluding hydrogens is 305 g/mol. The fraction of sp³-hybridized carbons (Fsp3) is 0.471. The number of alkyl halides is 3. The fourth-order valence-electron chi connectivity index (χ4n) is 2.03. The maximum atomic E-state index is 12.6. The molecule has 23 heavy (non-hydrogen) atoms. The summed E-state index contributed by atoms with van der Waals surface area (Å²) in [6.07, 6.45) is -2.66. The summed E-state index contributed by atoms with van der Waals surface area (Å²) in [6.45, 7) is 8.30. The van der Waals surface area contributed by atoms with Crippen LogP contribution in [-0.2, 0) is 10.9 Å².